The van der Waals surface area contributed by atoms with Gasteiger partial charge in [0.15, 0.2) is 11.5 Å². The fourth-order valence-electron chi connectivity index (χ4n) is 5.66. The quantitative estimate of drug-likeness (QED) is 0.192. The third-order valence-electron chi connectivity index (χ3n) is 8.35. The average molecular weight is 603 g/mol. The van der Waals surface area contributed by atoms with Gasteiger partial charge in [-0.3, -0.25) is 9.59 Å². The van der Waals surface area contributed by atoms with E-state index in [-0.39, 0.29) is 23.9 Å². The number of rotatable bonds is 13. The molecule has 1 heterocycles. The first-order valence-electron chi connectivity index (χ1n) is 15.7. The fraction of sp³-hybridized carbons (Fsp3) is 0.459. The van der Waals surface area contributed by atoms with E-state index >= 15 is 0 Å². The molecule has 0 spiro atoms. The Morgan fingerprint density at radius 3 is 1.89 bits per heavy atom. The molecular formula is C37H50N2O5. The standard InChI is InChI=1S/C21H32N2O2.C16H18O3/c1-4-19-21(25)23(17(2)20(24)22(19)3)16-12-7-5-6-9-13-18-14-10-8-11-15-18;1-11-5-7-12(8-6-11)13-9-14(17-2)16(19-4)15(10-13)18-3/h8,10-11,14-15,17,19H,4-7,9,12-13,16H2,1-3H3;5-10H,1-4H3/t17-,19?;/m0./s1. The van der Waals surface area contributed by atoms with E-state index in [9.17, 15) is 9.59 Å². The van der Waals surface area contributed by atoms with Crippen LogP contribution in [0.15, 0.2) is 66.7 Å². The van der Waals surface area contributed by atoms with Crippen molar-refractivity contribution in [1.82, 2.24) is 9.80 Å². The number of likely N-dealkylation sites (N-methyl/N-ethyl adjacent to an activating group) is 1. The highest BCUT2D eigenvalue weighted by molar-refractivity contribution is 5.96. The number of piperazine rings is 1. The van der Waals surface area contributed by atoms with E-state index in [1.165, 1.54) is 30.4 Å². The summed E-state index contributed by atoms with van der Waals surface area (Å²) in [5.41, 5.74) is 4.79. The summed E-state index contributed by atoms with van der Waals surface area (Å²) in [4.78, 5) is 28.3. The van der Waals surface area contributed by atoms with E-state index in [4.69, 9.17) is 14.2 Å². The molecular weight excluding hydrogens is 552 g/mol. The Hall–Kier alpha value is -4.00. The van der Waals surface area contributed by atoms with Gasteiger partial charge in [-0.15, -0.1) is 0 Å². The summed E-state index contributed by atoms with van der Waals surface area (Å²) in [6, 6.07) is 22.2. The lowest BCUT2D eigenvalue weighted by atomic mass is 10.0. The van der Waals surface area contributed by atoms with Gasteiger partial charge in [-0.2, -0.15) is 0 Å². The maximum Gasteiger partial charge on any atom is 0.246 e. The molecule has 0 radical (unpaired) electrons. The molecule has 2 atom stereocenters. The Morgan fingerprint density at radius 1 is 0.727 bits per heavy atom. The molecule has 1 fully saturated rings. The molecule has 3 aromatic rings. The number of hydrogen-bond acceptors (Lipinski definition) is 5. The van der Waals surface area contributed by atoms with Crippen molar-refractivity contribution in [2.24, 2.45) is 0 Å². The SMILES string of the molecule is CCC1C(=O)N(CCCCCCCc2ccccc2)[C@@H](C)C(=O)N1C.COc1cc(-c2ccc(C)cc2)cc(OC)c1OC. The van der Waals surface area contributed by atoms with Crippen LogP contribution in [0.1, 0.15) is 63.5 Å². The maximum atomic E-state index is 12.6. The molecule has 0 bridgehead atoms. The molecule has 1 aliphatic rings. The minimum Gasteiger partial charge on any atom is -0.493 e. The predicted molar refractivity (Wildman–Crippen MR) is 178 cm³/mol. The first kappa shape index (κ1) is 34.5. The van der Waals surface area contributed by atoms with Crippen molar-refractivity contribution in [1.29, 1.82) is 0 Å². The predicted octanol–water partition coefficient (Wildman–Crippen LogP) is 7.34. The number of unbranched alkanes of at least 4 members (excludes halogenated alkanes) is 4. The Bertz CT molecular complexity index is 1300. The van der Waals surface area contributed by atoms with Gasteiger partial charge in [-0.1, -0.05) is 86.3 Å². The van der Waals surface area contributed by atoms with Gasteiger partial charge < -0.3 is 24.0 Å². The van der Waals surface area contributed by atoms with E-state index in [0.717, 1.165) is 30.4 Å². The van der Waals surface area contributed by atoms with Gasteiger partial charge in [-0.25, -0.2) is 0 Å². The zero-order chi connectivity index (χ0) is 32.1. The molecule has 238 valence electrons. The Labute approximate surface area is 264 Å². The van der Waals surface area contributed by atoms with Gasteiger partial charge in [0.1, 0.15) is 12.1 Å². The van der Waals surface area contributed by atoms with Crippen LogP contribution in [0.25, 0.3) is 11.1 Å². The molecule has 1 unspecified atom stereocenters. The molecule has 1 aliphatic heterocycles. The molecule has 44 heavy (non-hydrogen) atoms. The van der Waals surface area contributed by atoms with E-state index in [1.54, 1.807) is 38.2 Å². The van der Waals surface area contributed by atoms with Crippen molar-refractivity contribution < 1.29 is 23.8 Å². The third-order valence-corrected chi connectivity index (χ3v) is 8.35. The number of carbonyl (C=O) groups excluding carboxylic acids is 2. The van der Waals surface area contributed by atoms with Crippen molar-refractivity contribution in [2.75, 3.05) is 34.9 Å². The second kappa shape index (κ2) is 17.3. The second-order valence-corrected chi connectivity index (χ2v) is 11.4. The van der Waals surface area contributed by atoms with Crippen molar-refractivity contribution in [2.45, 2.75) is 77.8 Å². The minimum absolute atomic E-state index is 0.0642. The first-order valence-corrected chi connectivity index (χ1v) is 15.7. The number of aryl methyl sites for hydroxylation is 2. The van der Waals surface area contributed by atoms with Crippen LogP contribution in [-0.2, 0) is 16.0 Å². The highest BCUT2D eigenvalue weighted by Crippen LogP contribution is 2.41. The lowest BCUT2D eigenvalue weighted by molar-refractivity contribution is -0.159. The number of hydrogen-bond donors (Lipinski definition) is 0. The molecule has 7 nitrogen and oxygen atoms in total. The average Bonchev–Trinajstić information content (AvgIpc) is 3.05. The van der Waals surface area contributed by atoms with Crippen LogP contribution in [-0.4, -0.2) is 68.6 Å². The number of methoxy groups -OCH3 is 3. The Kier molecular flexibility index (Phi) is 13.6. The summed E-state index contributed by atoms with van der Waals surface area (Å²) in [5.74, 6) is 2.12. The van der Waals surface area contributed by atoms with E-state index in [2.05, 4.69) is 61.5 Å². The molecule has 7 heteroatoms. The van der Waals surface area contributed by atoms with Crippen molar-refractivity contribution in [3.8, 4) is 28.4 Å². The summed E-state index contributed by atoms with van der Waals surface area (Å²) in [6.07, 6.45) is 7.54. The van der Waals surface area contributed by atoms with Crippen LogP contribution in [0.2, 0.25) is 0 Å². The van der Waals surface area contributed by atoms with Crippen LogP contribution >= 0.6 is 0 Å². The highest BCUT2D eigenvalue weighted by Gasteiger charge is 2.40. The van der Waals surface area contributed by atoms with Crippen LogP contribution in [0.5, 0.6) is 17.2 Å². The number of carbonyl (C=O) groups is 2. The van der Waals surface area contributed by atoms with Crippen LogP contribution in [0.4, 0.5) is 0 Å². The molecule has 0 saturated carbocycles. The maximum absolute atomic E-state index is 12.6. The van der Waals surface area contributed by atoms with Crippen molar-refractivity contribution in [3.63, 3.8) is 0 Å². The van der Waals surface area contributed by atoms with Crippen LogP contribution in [0.3, 0.4) is 0 Å². The van der Waals surface area contributed by atoms with Gasteiger partial charge in [-0.05, 0) is 68.4 Å². The summed E-state index contributed by atoms with van der Waals surface area (Å²) in [5, 5.41) is 0. The normalized spacial score (nSPS) is 16.3. The number of ether oxygens (including phenoxy) is 3. The lowest BCUT2D eigenvalue weighted by Gasteiger charge is -2.42. The second-order valence-electron chi connectivity index (χ2n) is 11.4. The Morgan fingerprint density at radius 2 is 1.32 bits per heavy atom. The summed E-state index contributed by atoms with van der Waals surface area (Å²) in [6.45, 7) is 6.59. The monoisotopic (exact) mass is 602 g/mol. The lowest BCUT2D eigenvalue weighted by Crippen LogP contribution is -2.62. The van der Waals surface area contributed by atoms with Gasteiger partial charge in [0, 0.05) is 13.6 Å². The van der Waals surface area contributed by atoms with Gasteiger partial charge in [0.05, 0.1) is 21.3 Å². The fourth-order valence-corrected chi connectivity index (χ4v) is 5.66. The molecule has 0 N–H and O–H groups in total. The number of amides is 2. The number of nitrogens with zero attached hydrogens (tertiary/aromatic N) is 2. The molecule has 2 amide bonds. The molecule has 0 aliphatic carbocycles. The largest absolute Gasteiger partial charge is 0.493 e. The zero-order valence-electron chi connectivity index (χ0n) is 27.6. The topological polar surface area (TPSA) is 68.3 Å². The van der Waals surface area contributed by atoms with E-state index in [1.807, 2.05) is 26.0 Å². The smallest absolute Gasteiger partial charge is 0.246 e. The summed E-state index contributed by atoms with van der Waals surface area (Å²) < 4.78 is 16.0. The van der Waals surface area contributed by atoms with Crippen molar-refractivity contribution in [3.05, 3.63) is 77.9 Å². The van der Waals surface area contributed by atoms with Gasteiger partial charge in [0.2, 0.25) is 17.6 Å². The number of benzene rings is 3. The highest BCUT2D eigenvalue weighted by atomic mass is 16.5. The van der Waals surface area contributed by atoms with Crippen LogP contribution < -0.4 is 14.2 Å². The van der Waals surface area contributed by atoms with E-state index in [0.29, 0.717) is 30.2 Å². The zero-order valence-corrected chi connectivity index (χ0v) is 27.6. The first-order chi connectivity index (χ1) is 21.2. The van der Waals surface area contributed by atoms with E-state index < -0.39 is 0 Å². The molecule has 3 aromatic carbocycles. The van der Waals surface area contributed by atoms with Crippen molar-refractivity contribution >= 4 is 11.8 Å². The van der Waals surface area contributed by atoms with Gasteiger partial charge in [0.25, 0.3) is 0 Å². The molecule has 4 rings (SSSR count). The van der Waals surface area contributed by atoms with Crippen LogP contribution in [0, 0.1) is 6.92 Å². The van der Waals surface area contributed by atoms with Gasteiger partial charge >= 0.3 is 0 Å². The summed E-state index contributed by atoms with van der Waals surface area (Å²) >= 11 is 0. The summed E-state index contributed by atoms with van der Waals surface area (Å²) in [7, 11) is 6.59. The third kappa shape index (κ3) is 9.01. The molecule has 1 saturated heterocycles. The minimum atomic E-state index is -0.321. The molecule has 0 aromatic heterocycles. The Balaban J connectivity index is 0.000000249.